The number of benzene rings is 1. The molecule has 0 saturated carbocycles. The van der Waals surface area contributed by atoms with E-state index in [4.69, 9.17) is 26.8 Å². The van der Waals surface area contributed by atoms with Gasteiger partial charge in [0.25, 0.3) is 5.88 Å². The third-order valence-electron chi connectivity index (χ3n) is 2.65. The van der Waals surface area contributed by atoms with Crippen molar-refractivity contribution in [3.8, 4) is 17.4 Å². The Morgan fingerprint density at radius 1 is 1.25 bits per heavy atom. The molecule has 0 aliphatic carbocycles. The first kappa shape index (κ1) is 14.6. The van der Waals surface area contributed by atoms with Crippen LogP contribution in [0.1, 0.15) is 18.9 Å². The van der Waals surface area contributed by atoms with Gasteiger partial charge in [0, 0.05) is 23.3 Å². The van der Waals surface area contributed by atoms with E-state index in [9.17, 15) is 0 Å². The van der Waals surface area contributed by atoms with Crippen molar-refractivity contribution in [2.24, 2.45) is 5.73 Å². The lowest BCUT2D eigenvalue weighted by Gasteiger charge is -2.13. The number of hydrogen-bond donors (Lipinski definition) is 1. The Bertz CT molecular complexity index is 576. The van der Waals surface area contributed by atoms with Gasteiger partial charge in [-0.15, -0.1) is 0 Å². The lowest BCUT2D eigenvalue weighted by atomic mass is 10.2. The quantitative estimate of drug-likeness (QED) is 0.880. The van der Waals surface area contributed by atoms with Crippen LogP contribution in [0.4, 0.5) is 0 Å². The molecule has 2 aromatic rings. The molecule has 0 aliphatic rings. The first-order valence-corrected chi connectivity index (χ1v) is 6.86. The average molecular weight is 293 g/mol. The summed E-state index contributed by atoms with van der Waals surface area (Å²) in [4.78, 5) is 4.20. The van der Waals surface area contributed by atoms with E-state index < -0.39 is 0 Å². The summed E-state index contributed by atoms with van der Waals surface area (Å²) in [6.07, 6.45) is 2.57. The third-order valence-corrected chi connectivity index (χ3v) is 2.89. The highest BCUT2D eigenvalue weighted by molar-refractivity contribution is 6.30. The number of rotatable bonds is 6. The van der Waals surface area contributed by atoms with Crippen LogP contribution in [0.15, 0.2) is 36.5 Å². The molecule has 1 aromatic carbocycles. The van der Waals surface area contributed by atoms with Gasteiger partial charge < -0.3 is 15.2 Å². The van der Waals surface area contributed by atoms with Crippen molar-refractivity contribution in [2.75, 3.05) is 6.61 Å². The molecular weight excluding hydrogens is 276 g/mol. The van der Waals surface area contributed by atoms with Gasteiger partial charge in [-0.25, -0.2) is 4.98 Å². The minimum atomic E-state index is 0.366. The van der Waals surface area contributed by atoms with Crippen molar-refractivity contribution < 1.29 is 9.47 Å². The highest BCUT2D eigenvalue weighted by Crippen LogP contribution is 2.32. The van der Waals surface area contributed by atoms with E-state index in [2.05, 4.69) is 4.98 Å². The van der Waals surface area contributed by atoms with Crippen LogP contribution in [0.5, 0.6) is 17.4 Å². The summed E-state index contributed by atoms with van der Waals surface area (Å²) in [6, 6.07) is 8.98. The van der Waals surface area contributed by atoms with E-state index in [1.807, 2.05) is 19.1 Å². The molecule has 2 N–H and O–H groups in total. The SMILES string of the molecule is CCCOc1cccnc1Oc1cc(Cl)ccc1CN. The monoisotopic (exact) mass is 292 g/mol. The third kappa shape index (κ3) is 3.62. The number of ether oxygens (including phenoxy) is 2. The Labute approximate surface area is 123 Å². The smallest absolute Gasteiger partial charge is 0.262 e. The number of hydrogen-bond acceptors (Lipinski definition) is 4. The molecule has 0 saturated heterocycles. The molecule has 0 unspecified atom stereocenters. The fourth-order valence-electron chi connectivity index (χ4n) is 1.67. The fraction of sp³-hybridized carbons (Fsp3) is 0.267. The summed E-state index contributed by atoms with van der Waals surface area (Å²) in [5.41, 5.74) is 6.56. The second kappa shape index (κ2) is 7.12. The normalized spacial score (nSPS) is 10.3. The number of aromatic nitrogens is 1. The zero-order valence-corrected chi connectivity index (χ0v) is 12.1. The summed E-state index contributed by atoms with van der Waals surface area (Å²) < 4.78 is 11.4. The highest BCUT2D eigenvalue weighted by Gasteiger charge is 2.10. The van der Waals surface area contributed by atoms with Gasteiger partial charge in [-0.3, -0.25) is 0 Å². The Morgan fingerprint density at radius 3 is 2.85 bits per heavy atom. The van der Waals surface area contributed by atoms with Crippen molar-refractivity contribution in [3.05, 3.63) is 47.1 Å². The number of nitrogens with two attached hydrogens (primary N) is 1. The number of pyridine rings is 1. The van der Waals surface area contributed by atoms with E-state index in [1.165, 1.54) is 0 Å². The maximum absolute atomic E-state index is 5.99. The van der Waals surface area contributed by atoms with E-state index in [0.29, 0.717) is 35.6 Å². The molecule has 0 spiro atoms. The van der Waals surface area contributed by atoms with Crippen LogP contribution in [0.3, 0.4) is 0 Å². The Kier molecular flexibility index (Phi) is 5.21. The van der Waals surface area contributed by atoms with Crippen LogP contribution < -0.4 is 15.2 Å². The molecule has 4 nitrogen and oxygen atoms in total. The van der Waals surface area contributed by atoms with Gasteiger partial charge in [-0.1, -0.05) is 24.6 Å². The maximum atomic E-state index is 5.99. The van der Waals surface area contributed by atoms with Crippen molar-refractivity contribution >= 4 is 11.6 Å². The Hall–Kier alpha value is -1.78. The number of nitrogens with zero attached hydrogens (tertiary/aromatic N) is 1. The summed E-state index contributed by atoms with van der Waals surface area (Å²) in [6.45, 7) is 3.02. The average Bonchev–Trinajstić information content (AvgIpc) is 2.47. The van der Waals surface area contributed by atoms with Crippen LogP contribution in [0.25, 0.3) is 0 Å². The molecule has 106 valence electrons. The fourth-order valence-corrected chi connectivity index (χ4v) is 1.83. The standard InChI is InChI=1S/C15H17ClN2O2/c1-2-8-19-13-4-3-7-18-15(13)20-14-9-12(16)6-5-11(14)10-17/h3-7,9H,2,8,10,17H2,1H3. The van der Waals surface area contributed by atoms with Crippen LogP contribution in [0.2, 0.25) is 5.02 Å². The molecule has 1 aromatic heterocycles. The van der Waals surface area contributed by atoms with Crippen molar-refractivity contribution in [3.63, 3.8) is 0 Å². The zero-order valence-electron chi connectivity index (χ0n) is 11.3. The zero-order chi connectivity index (χ0) is 14.4. The van der Waals surface area contributed by atoms with Gasteiger partial charge in [-0.2, -0.15) is 0 Å². The molecule has 2 rings (SSSR count). The predicted octanol–water partition coefficient (Wildman–Crippen LogP) is 3.77. The van der Waals surface area contributed by atoms with Gasteiger partial charge in [0.05, 0.1) is 6.61 Å². The summed E-state index contributed by atoms with van der Waals surface area (Å²) >= 11 is 5.99. The first-order valence-electron chi connectivity index (χ1n) is 6.48. The van der Waals surface area contributed by atoms with Crippen molar-refractivity contribution in [1.82, 2.24) is 4.98 Å². The Morgan fingerprint density at radius 2 is 2.10 bits per heavy atom. The van der Waals surface area contributed by atoms with Gasteiger partial charge in [0.15, 0.2) is 5.75 Å². The second-order valence-corrected chi connectivity index (χ2v) is 4.65. The highest BCUT2D eigenvalue weighted by atomic mass is 35.5. The minimum absolute atomic E-state index is 0.366. The summed E-state index contributed by atoms with van der Waals surface area (Å²) in [5.74, 6) is 1.62. The topological polar surface area (TPSA) is 57.4 Å². The molecule has 0 radical (unpaired) electrons. The molecule has 0 bridgehead atoms. The molecule has 0 aliphatic heterocycles. The lowest BCUT2D eigenvalue weighted by Crippen LogP contribution is -2.02. The summed E-state index contributed by atoms with van der Waals surface area (Å²) in [7, 11) is 0. The van der Waals surface area contributed by atoms with Gasteiger partial charge in [0.1, 0.15) is 5.75 Å². The van der Waals surface area contributed by atoms with Crippen molar-refractivity contribution in [1.29, 1.82) is 0 Å². The molecule has 20 heavy (non-hydrogen) atoms. The molecule has 1 heterocycles. The van der Waals surface area contributed by atoms with Crippen LogP contribution in [-0.4, -0.2) is 11.6 Å². The Balaban J connectivity index is 2.27. The van der Waals surface area contributed by atoms with Crippen LogP contribution in [-0.2, 0) is 6.54 Å². The minimum Gasteiger partial charge on any atom is -0.488 e. The molecule has 0 atom stereocenters. The van der Waals surface area contributed by atoms with E-state index in [0.717, 1.165) is 12.0 Å². The molecule has 0 fully saturated rings. The van der Waals surface area contributed by atoms with E-state index in [1.54, 1.807) is 24.4 Å². The van der Waals surface area contributed by atoms with Crippen LogP contribution in [0, 0.1) is 0 Å². The maximum Gasteiger partial charge on any atom is 0.262 e. The van der Waals surface area contributed by atoms with Crippen molar-refractivity contribution in [2.45, 2.75) is 19.9 Å². The van der Waals surface area contributed by atoms with E-state index in [-0.39, 0.29) is 0 Å². The van der Waals surface area contributed by atoms with Gasteiger partial charge in [-0.05, 0) is 30.7 Å². The molecule has 0 amide bonds. The van der Waals surface area contributed by atoms with E-state index >= 15 is 0 Å². The second-order valence-electron chi connectivity index (χ2n) is 4.21. The summed E-state index contributed by atoms with van der Waals surface area (Å²) in [5, 5.41) is 0.587. The van der Waals surface area contributed by atoms with Gasteiger partial charge in [0.2, 0.25) is 0 Å². The predicted molar refractivity (Wildman–Crippen MR) is 79.4 cm³/mol. The first-order chi connectivity index (χ1) is 9.74. The lowest BCUT2D eigenvalue weighted by molar-refractivity contribution is 0.297. The van der Waals surface area contributed by atoms with Crippen LogP contribution >= 0.6 is 11.6 Å². The largest absolute Gasteiger partial charge is 0.488 e. The molecule has 5 heteroatoms. The van der Waals surface area contributed by atoms with Gasteiger partial charge >= 0.3 is 0 Å². The number of halogens is 1. The molecular formula is C15H17ClN2O2.